The highest BCUT2D eigenvalue weighted by molar-refractivity contribution is 5.16. The normalized spacial score (nSPS) is 15.1. The van der Waals surface area contributed by atoms with Gasteiger partial charge in [-0.15, -0.1) is 0 Å². The maximum Gasteiger partial charge on any atom is 0.132 e. The second kappa shape index (κ2) is 7.06. The van der Waals surface area contributed by atoms with Gasteiger partial charge in [0.25, 0.3) is 0 Å². The smallest absolute Gasteiger partial charge is 0.132 e. The average Bonchev–Trinajstić information content (AvgIpc) is 3.02. The molecule has 0 amide bonds. The molecule has 106 valence electrons. The molecule has 0 unspecified atom stereocenters. The van der Waals surface area contributed by atoms with E-state index >= 15 is 0 Å². The molecule has 2 nitrogen and oxygen atoms in total. The lowest BCUT2D eigenvalue weighted by Gasteiger charge is -2.20. The topological polar surface area (TPSA) is 33.4 Å². The van der Waals surface area contributed by atoms with E-state index in [1.807, 2.05) is 30.3 Å². The lowest BCUT2D eigenvalue weighted by Crippen LogP contribution is -2.14. The second-order valence-corrected chi connectivity index (χ2v) is 4.76. The fourth-order valence-electron chi connectivity index (χ4n) is 2.29. The van der Waals surface area contributed by atoms with Crippen molar-refractivity contribution in [3.8, 4) is 0 Å². The van der Waals surface area contributed by atoms with Crippen LogP contribution in [0, 0.1) is 5.92 Å². The molecule has 0 fully saturated rings. The Bertz CT molecular complexity index is 531. The van der Waals surface area contributed by atoms with Crippen LogP contribution in [0.15, 0.2) is 65.0 Å². The first-order valence-electron chi connectivity index (χ1n) is 6.79. The van der Waals surface area contributed by atoms with Gasteiger partial charge in [0.05, 0.1) is 6.26 Å². The minimum absolute atomic E-state index is 0.301. The molecule has 2 aromatic rings. The molecule has 0 aliphatic carbocycles. The van der Waals surface area contributed by atoms with Crippen LogP contribution in [0.5, 0.6) is 0 Å². The summed E-state index contributed by atoms with van der Waals surface area (Å²) < 4.78 is 19.2. The molecule has 1 aromatic carbocycles. The molecule has 0 aliphatic heterocycles. The monoisotopic (exact) mass is 274 g/mol. The number of hydrogen-bond acceptors (Lipinski definition) is 2. The van der Waals surface area contributed by atoms with Crippen molar-refractivity contribution in [1.82, 2.24) is 0 Å². The molecule has 1 heterocycles. The predicted octanol–water partition coefficient (Wildman–Crippen LogP) is 4.44. The first-order valence-corrected chi connectivity index (χ1v) is 6.79. The number of aliphatic hydroxyl groups excluding tert-OH is 1. The van der Waals surface area contributed by atoms with Crippen molar-refractivity contribution < 1.29 is 13.9 Å². The highest BCUT2D eigenvalue weighted by Crippen LogP contribution is 2.32. The minimum atomic E-state index is -0.954. The summed E-state index contributed by atoms with van der Waals surface area (Å²) in [6.45, 7) is 1.64. The van der Waals surface area contributed by atoms with Gasteiger partial charge >= 0.3 is 0 Å². The first-order chi connectivity index (χ1) is 9.72. The lowest BCUT2D eigenvalue weighted by atomic mass is 9.91. The van der Waals surface area contributed by atoms with Gasteiger partial charge in [0.2, 0.25) is 0 Å². The third-order valence-electron chi connectivity index (χ3n) is 3.43. The van der Waals surface area contributed by atoms with Crippen LogP contribution in [0.2, 0.25) is 0 Å². The van der Waals surface area contributed by atoms with E-state index < -0.39 is 12.0 Å². The predicted molar refractivity (Wildman–Crippen MR) is 76.8 cm³/mol. The molecule has 0 aliphatic rings. The largest absolute Gasteiger partial charge is 0.467 e. The Morgan fingerprint density at radius 2 is 2.00 bits per heavy atom. The number of halogens is 1. The zero-order chi connectivity index (χ0) is 14.4. The van der Waals surface area contributed by atoms with Crippen LogP contribution in [-0.4, -0.2) is 5.11 Å². The number of allylic oxidation sites excluding steroid dienone is 1. The summed E-state index contributed by atoms with van der Waals surface area (Å²) in [6.07, 6.45) is 3.18. The summed E-state index contributed by atoms with van der Waals surface area (Å²) in [7, 11) is 0. The number of furan rings is 1. The molecule has 2 rings (SSSR count). The van der Waals surface area contributed by atoms with Crippen LogP contribution in [0.3, 0.4) is 0 Å². The summed E-state index contributed by atoms with van der Waals surface area (Å²) in [5.74, 6) is -0.476. The Balaban J connectivity index is 2.08. The van der Waals surface area contributed by atoms with Gasteiger partial charge in [0, 0.05) is 5.92 Å². The van der Waals surface area contributed by atoms with E-state index in [-0.39, 0.29) is 5.83 Å². The number of rotatable bonds is 6. The Labute approximate surface area is 118 Å². The molecule has 0 spiro atoms. The third kappa shape index (κ3) is 3.58. The number of aryl methyl sites for hydroxylation is 1. The molecule has 1 aromatic heterocycles. The van der Waals surface area contributed by atoms with Gasteiger partial charge in [-0.3, -0.25) is 0 Å². The van der Waals surface area contributed by atoms with Crippen molar-refractivity contribution in [3.05, 3.63) is 72.0 Å². The van der Waals surface area contributed by atoms with Gasteiger partial charge in [0.15, 0.2) is 0 Å². The Morgan fingerprint density at radius 3 is 2.60 bits per heavy atom. The molecule has 2 atom stereocenters. The third-order valence-corrected chi connectivity index (χ3v) is 3.43. The lowest BCUT2D eigenvalue weighted by molar-refractivity contribution is 0.0871. The van der Waals surface area contributed by atoms with E-state index in [0.717, 1.165) is 5.56 Å². The maximum absolute atomic E-state index is 14.0. The Morgan fingerprint density at radius 1 is 1.25 bits per heavy atom. The van der Waals surface area contributed by atoms with Crippen molar-refractivity contribution in [2.75, 3.05) is 0 Å². The maximum atomic E-state index is 14.0. The summed E-state index contributed by atoms with van der Waals surface area (Å²) in [4.78, 5) is 0. The fourth-order valence-corrected chi connectivity index (χ4v) is 2.29. The molecule has 20 heavy (non-hydrogen) atoms. The zero-order valence-corrected chi connectivity index (χ0v) is 11.5. The Hall–Kier alpha value is -1.87. The molecule has 1 N–H and O–H groups in total. The summed E-state index contributed by atoms with van der Waals surface area (Å²) >= 11 is 0. The molecular formula is C17H19FO2. The summed E-state index contributed by atoms with van der Waals surface area (Å²) in [5.41, 5.74) is 1.13. The molecular weight excluding hydrogens is 255 g/mol. The number of benzene rings is 1. The summed E-state index contributed by atoms with van der Waals surface area (Å²) in [5, 5.41) is 10.3. The van der Waals surface area contributed by atoms with E-state index in [1.165, 1.54) is 12.3 Å². The van der Waals surface area contributed by atoms with E-state index in [1.54, 1.807) is 19.1 Å². The van der Waals surface area contributed by atoms with Gasteiger partial charge in [-0.05, 0) is 37.5 Å². The number of aliphatic hydroxyl groups is 1. The van der Waals surface area contributed by atoms with Crippen LogP contribution in [0.1, 0.15) is 30.8 Å². The van der Waals surface area contributed by atoms with Crippen LogP contribution >= 0.6 is 0 Å². The van der Waals surface area contributed by atoms with Gasteiger partial charge in [-0.1, -0.05) is 36.4 Å². The molecule has 0 saturated heterocycles. The van der Waals surface area contributed by atoms with Crippen LogP contribution < -0.4 is 0 Å². The minimum Gasteiger partial charge on any atom is -0.467 e. The van der Waals surface area contributed by atoms with Crippen molar-refractivity contribution in [1.29, 1.82) is 0 Å². The zero-order valence-electron chi connectivity index (χ0n) is 11.5. The molecule has 0 bridgehead atoms. The average molecular weight is 274 g/mol. The van der Waals surface area contributed by atoms with Crippen LogP contribution in [0.25, 0.3) is 0 Å². The van der Waals surface area contributed by atoms with E-state index in [4.69, 9.17) is 4.42 Å². The number of hydrogen-bond donors (Lipinski definition) is 1. The fraction of sp³-hybridized carbons (Fsp3) is 0.294. The van der Waals surface area contributed by atoms with Gasteiger partial charge in [-0.2, -0.15) is 0 Å². The molecule has 0 saturated carbocycles. The van der Waals surface area contributed by atoms with E-state index in [0.29, 0.717) is 18.6 Å². The highest BCUT2D eigenvalue weighted by atomic mass is 19.1. The van der Waals surface area contributed by atoms with E-state index in [2.05, 4.69) is 0 Å². The van der Waals surface area contributed by atoms with Crippen molar-refractivity contribution >= 4 is 0 Å². The van der Waals surface area contributed by atoms with Crippen LogP contribution in [0.4, 0.5) is 4.39 Å². The van der Waals surface area contributed by atoms with Crippen LogP contribution in [-0.2, 0) is 6.42 Å². The highest BCUT2D eigenvalue weighted by Gasteiger charge is 2.26. The van der Waals surface area contributed by atoms with Gasteiger partial charge in [0.1, 0.15) is 17.7 Å². The van der Waals surface area contributed by atoms with E-state index in [9.17, 15) is 9.50 Å². The quantitative estimate of drug-likeness (QED) is 0.845. The van der Waals surface area contributed by atoms with Gasteiger partial charge in [-0.25, -0.2) is 4.39 Å². The standard InChI is InChI=1S/C17H19FO2/c1-2-15(18)14(17(19)16-9-6-12-20-16)11-10-13-7-4-3-5-8-13/h2-9,12,14,17,19H,10-11H2,1H3/t14-,17-/m1/s1. The van der Waals surface area contributed by atoms with Crippen molar-refractivity contribution in [2.45, 2.75) is 25.9 Å². The van der Waals surface area contributed by atoms with Crippen molar-refractivity contribution in [2.24, 2.45) is 5.92 Å². The second-order valence-electron chi connectivity index (χ2n) is 4.76. The van der Waals surface area contributed by atoms with Gasteiger partial charge < -0.3 is 9.52 Å². The first kappa shape index (κ1) is 14.5. The molecule has 0 radical (unpaired) electrons. The van der Waals surface area contributed by atoms with Crippen molar-refractivity contribution in [3.63, 3.8) is 0 Å². The Kier molecular flexibility index (Phi) is 5.13. The summed E-state index contributed by atoms with van der Waals surface area (Å²) in [6, 6.07) is 13.2. The molecule has 3 heteroatoms. The SMILES string of the molecule is CC=C(F)[C@@H](CCc1ccccc1)[C@@H](O)c1ccco1.